The Balaban J connectivity index is 2.60. The molecule has 0 aliphatic carbocycles. The number of halogens is 2. The smallest absolute Gasteiger partial charge is 0.205 e. The van der Waals surface area contributed by atoms with Crippen LogP contribution in [0.3, 0.4) is 0 Å². The molecular formula is C9H6F2S. The van der Waals surface area contributed by atoms with Crippen molar-refractivity contribution in [3.8, 4) is 0 Å². The minimum atomic E-state index is -2.37. The molecule has 12 heavy (non-hydrogen) atoms. The fraction of sp³-hybridized carbons (Fsp3) is 0.111. The summed E-state index contributed by atoms with van der Waals surface area (Å²) in [6.45, 7) is 0. The van der Waals surface area contributed by atoms with Crippen molar-refractivity contribution in [3.63, 3.8) is 0 Å². The quantitative estimate of drug-likeness (QED) is 0.631. The lowest BCUT2D eigenvalue weighted by atomic mass is 10.2. The first kappa shape index (κ1) is 7.68. The van der Waals surface area contributed by atoms with Gasteiger partial charge in [-0.05, 0) is 29.0 Å². The minimum absolute atomic E-state index is 0.0981. The summed E-state index contributed by atoms with van der Waals surface area (Å²) in [5.41, 5.74) is 0.0981. The van der Waals surface area contributed by atoms with Crippen LogP contribution >= 0.6 is 11.3 Å². The Labute approximate surface area is 72.4 Å². The van der Waals surface area contributed by atoms with E-state index in [0.29, 0.717) is 0 Å². The molecule has 62 valence electrons. The highest BCUT2D eigenvalue weighted by Crippen LogP contribution is 2.26. The maximum atomic E-state index is 12.2. The standard InChI is InChI=1S/C9H6F2S/c10-9(11)7-1-2-8-6(5-7)3-4-12-8/h1-5,9H. The van der Waals surface area contributed by atoms with Crippen molar-refractivity contribution in [1.82, 2.24) is 0 Å². The predicted octanol–water partition coefficient (Wildman–Crippen LogP) is 3.84. The lowest BCUT2D eigenvalue weighted by Crippen LogP contribution is -1.81. The molecule has 0 aliphatic heterocycles. The first-order valence-corrected chi connectivity index (χ1v) is 4.40. The van der Waals surface area contributed by atoms with Crippen molar-refractivity contribution < 1.29 is 8.78 Å². The predicted molar refractivity (Wildman–Crippen MR) is 46.8 cm³/mol. The third-order valence-corrected chi connectivity index (χ3v) is 2.63. The van der Waals surface area contributed by atoms with Crippen LogP contribution in [0.15, 0.2) is 29.6 Å². The Morgan fingerprint density at radius 1 is 1.17 bits per heavy atom. The van der Waals surface area contributed by atoms with Crippen LogP contribution in [0.25, 0.3) is 10.1 Å². The van der Waals surface area contributed by atoms with Crippen molar-refractivity contribution in [2.45, 2.75) is 6.43 Å². The summed E-state index contributed by atoms with van der Waals surface area (Å²) in [7, 11) is 0. The first-order valence-electron chi connectivity index (χ1n) is 3.52. The van der Waals surface area contributed by atoms with Gasteiger partial charge >= 0.3 is 0 Å². The molecule has 2 aromatic rings. The van der Waals surface area contributed by atoms with Crippen LogP contribution in [-0.2, 0) is 0 Å². The van der Waals surface area contributed by atoms with Crippen LogP contribution in [0.4, 0.5) is 8.78 Å². The molecular weight excluding hydrogens is 178 g/mol. The van der Waals surface area contributed by atoms with E-state index in [1.54, 1.807) is 17.4 Å². The van der Waals surface area contributed by atoms with Crippen LogP contribution in [0.1, 0.15) is 12.0 Å². The zero-order valence-corrected chi connectivity index (χ0v) is 6.94. The van der Waals surface area contributed by atoms with E-state index in [9.17, 15) is 8.78 Å². The lowest BCUT2D eigenvalue weighted by molar-refractivity contribution is 0.151. The zero-order chi connectivity index (χ0) is 8.55. The number of rotatable bonds is 1. The molecule has 0 amide bonds. The SMILES string of the molecule is FC(F)c1ccc2sccc2c1. The fourth-order valence-electron chi connectivity index (χ4n) is 1.12. The van der Waals surface area contributed by atoms with Crippen LogP contribution in [-0.4, -0.2) is 0 Å². The summed E-state index contributed by atoms with van der Waals surface area (Å²) in [6.07, 6.45) is -2.37. The molecule has 1 heterocycles. The van der Waals surface area contributed by atoms with Crippen molar-refractivity contribution in [2.75, 3.05) is 0 Å². The van der Waals surface area contributed by atoms with Gasteiger partial charge in [0.15, 0.2) is 0 Å². The maximum absolute atomic E-state index is 12.2. The maximum Gasteiger partial charge on any atom is 0.263 e. The summed E-state index contributed by atoms with van der Waals surface area (Å²) in [4.78, 5) is 0. The van der Waals surface area contributed by atoms with Crippen LogP contribution in [0.2, 0.25) is 0 Å². The van der Waals surface area contributed by atoms with E-state index in [1.807, 2.05) is 11.4 Å². The summed E-state index contributed by atoms with van der Waals surface area (Å²) in [6, 6.07) is 6.60. The second kappa shape index (κ2) is 2.83. The van der Waals surface area contributed by atoms with Crippen LogP contribution < -0.4 is 0 Å². The molecule has 0 fully saturated rings. The van der Waals surface area contributed by atoms with Gasteiger partial charge in [0.2, 0.25) is 0 Å². The van der Waals surface area contributed by atoms with E-state index in [2.05, 4.69) is 0 Å². The highest BCUT2D eigenvalue weighted by molar-refractivity contribution is 7.17. The summed E-state index contributed by atoms with van der Waals surface area (Å²) < 4.78 is 25.5. The van der Waals surface area contributed by atoms with E-state index in [1.165, 1.54) is 12.1 Å². The Hall–Kier alpha value is -0.960. The third kappa shape index (κ3) is 1.20. The zero-order valence-electron chi connectivity index (χ0n) is 6.13. The van der Waals surface area contributed by atoms with Gasteiger partial charge in [-0.15, -0.1) is 11.3 Å². The molecule has 0 N–H and O–H groups in total. The summed E-state index contributed by atoms with van der Waals surface area (Å²) in [5.74, 6) is 0. The Bertz CT molecular complexity index is 392. The summed E-state index contributed by atoms with van der Waals surface area (Å²) in [5, 5.41) is 2.80. The molecule has 0 aliphatic rings. The molecule has 0 radical (unpaired) electrons. The molecule has 1 aromatic carbocycles. The van der Waals surface area contributed by atoms with Gasteiger partial charge in [-0.2, -0.15) is 0 Å². The molecule has 0 unspecified atom stereocenters. The minimum Gasteiger partial charge on any atom is -0.205 e. The van der Waals surface area contributed by atoms with Crippen molar-refractivity contribution in [3.05, 3.63) is 35.2 Å². The van der Waals surface area contributed by atoms with Gasteiger partial charge < -0.3 is 0 Å². The molecule has 2 rings (SSSR count). The van der Waals surface area contributed by atoms with Gasteiger partial charge in [0, 0.05) is 10.3 Å². The number of benzene rings is 1. The highest BCUT2D eigenvalue weighted by Gasteiger charge is 2.06. The van der Waals surface area contributed by atoms with Crippen molar-refractivity contribution >= 4 is 21.4 Å². The molecule has 1 aromatic heterocycles. The molecule has 0 nitrogen and oxygen atoms in total. The monoisotopic (exact) mass is 184 g/mol. The van der Waals surface area contributed by atoms with Crippen molar-refractivity contribution in [2.24, 2.45) is 0 Å². The van der Waals surface area contributed by atoms with Gasteiger partial charge in [0.05, 0.1) is 0 Å². The number of fused-ring (bicyclic) bond motifs is 1. The second-order valence-corrected chi connectivity index (χ2v) is 3.47. The molecule has 0 atom stereocenters. The first-order chi connectivity index (χ1) is 5.77. The van der Waals surface area contributed by atoms with E-state index in [0.717, 1.165) is 10.1 Å². The largest absolute Gasteiger partial charge is 0.263 e. The van der Waals surface area contributed by atoms with E-state index in [4.69, 9.17) is 0 Å². The topological polar surface area (TPSA) is 0 Å². The average Bonchev–Trinajstić information content (AvgIpc) is 2.49. The van der Waals surface area contributed by atoms with Gasteiger partial charge in [-0.3, -0.25) is 0 Å². The van der Waals surface area contributed by atoms with Gasteiger partial charge in [-0.25, -0.2) is 8.78 Å². The second-order valence-electron chi connectivity index (χ2n) is 2.52. The summed E-state index contributed by atoms with van der Waals surface area (Å²) >= 11 is 1.56. The number of thiophene rings is 1. The lowest BCUT2D eigenvalue weighted by Gasteiger charge is -1.97. The van der Waals surface area contributed by atoms with Gasteiger partial charge in [0.25, 0.3) is 6.43 Å². The Morgan fingerprint density at radius 2 is 2.00 bits per heavy atom. The van der Waals surface area contributed by atoms with Crippen molar-refractivity contribution in [1.29, 1.82) is 0 Å². The fourth-order valence-corrected chi connectivity index (χ4v) is 1.89. The number of hydrogen-bond acceptors (Lipinski definition) is 1. The number of hydrogen-bond donors (Lipinski definition) is 0. The van der Waals surface area contributed by atoms with Crippen LogP contribution in [0, 0.1) is 0 Å². The molecule has 0 saturated carbocycles. The molecule has 0 saturated heterocycles. The van der Waals surface area contributed by atoms with Gasteiger partial charge in [-0.1, -0.05) is 6.07 Å². The van der Waals surface area contributed by atoms with E-state index < -0.39 is 6.43 Å². The van der Waals surface area contributed by atoms with Crippen LogP contribution in [0.5, 0.6) is 0 Å². The van der Waals surface area contributed by atoms with E-state index in [-0.39, 0.29) is 5.56 Å². The normalized spacial score (nSPS) is 11.2. The average molecular weight is 184 g/mol. The third-order valence-electron chi connectivity index (χ3n) is 1.73. The van der Waals surface area contributed by atoms with Gasteiger partial charge in [0.1, 0.15) is 0 Å². The highest BCUT2D eigenvalue weighted by atomic mass is 32.1. The molecule has 0 spiro atoms. The van der Waals surface area contributed by atoms with E-state index >= 15 is 0 Å². The molecule has 3 heteroatoms. The Morgan fingerprint density at radius 3 is 2.75 bits per heavy atom. The Kier molecular flexibility index (Phi) is 1.81. The molecule has 0 bridgehead atoms. The number of alkyl halides is 2.